The van der Waals surface area contributed by atoms with E-state index in [1.807, 2.05) is 18.2 Å². The molecule has 1 N–H and O–H groups in total. The van der Waals surface area contributed by atoms with Crippen LogP contribution in [0.1, 0.15) is 5.56 Å². The number of imide groups is 1. The molecule has 0 saturated carbocycles. The normalized spacial score (nSPS) is 16.8. The van der Waals surface area contributed by atoms with E-state index in [2.05, 4.69) is 27.9 Å². The quantitative estimate of drug-likeness (QED) is 0.347. The number of carbonyl (C=O) groups excluding carboxylic acids is 4. The topological polar surface area (TPSA) is 114 Å². The number of hydrogen-bond acceptors (Lipinski definition) is 8. The van der Waals surface area contributed by atoms with Gasteiger partial charge in [-0.2, -0.15) is 0 Å². The lowest BCUT2D eigenvalue weighted by atomic mass is 10.2. The minimum absolute atomic E-state index is 0.202. The summed E-state index contributed by atoms with van der Waals surface area (Å²) in [4.78, 5) is 52.9. The fourth-order valence-electron chi connectivity index (χ4n) is 3.66. The SMILES string of the molecule is COc1cc(/C=C2/SC(=O)N(CC(=O)N3CCOCC3)C2=O)cc(I)c1OCC(=O)Nc1ccccc1. The number of amides is 4. The highest BCUT2D eigenvalue weighted by atomic mass is 127. The third-order valence-electron chi connectivity index (χ3n) is 5.49. The first-order valence-corrected chi connectivity index (χ1v) is 13.2. The predicted octanol–water partition coefficient (Wildman–Crippen LogP) is 3.21. The van der Waals surface area contributed by atoms with Crippen LogP contribution in [0.2, 0.25) is 0 Å². The molecule has 0 aromatic heterocycles. The molecule has 2 fully saturated rings. The first kappa shape index (κ1) is 26.9. The fraction of sp³-hybridized carbons (Fsp3) is 0.280. The van der Waals surface area contributed by atoms with E-state index < -0.39 is 11.1 Å². The van der Waals surface area contributed by atoms with Gasteiger partial charge in [-0.15, -0.1) is 0 Å². The molecule has 2 heterocycles. The molecule has 0 aliphatic carbocycles. The van der Waals surface area contributed by atoms with Crippen LogP contribution in [0, 0.1) is 3.57 Å². The lowest BCUT2D eigenvalue weighted by Gasteiger charge is -2.28. The van der Waals surface area contributed by atoms with Crippen LogP contribution in [0.15, 0.2) is 47.4 Å². The lowest BCUT2D eigenvalue weighted by molar-refractivity contribution is -0.139. The summed E-state index contributed by atoms with van der Waals surface area (Å²) in [6.45, 7) is 1.21. The van der Waals surface area contributed by atoms with Crippen molar-refractivity contribution in [3.05, 3.63) is 56.5 Å². The Labute approximate surface area is 231 Å². The Morgan fingerprint density at radius 2 is 1.89 bits per heavy atom. The van der Waals surface area contributed by atoms with Gasteiger partial charge in [0.2, 0.25) is 5.91 Å². The zero-order valence-corrected chi connectivity index (χ0v) is 22.9. The number of methoxy groups -OCH3 is 1. The van der Waals surface area contributed by atoms with Crippen LogP contribution in [0.5, 0.6) is 11.5 Å². The molecule has 0 atom stereocenters. The van der Waals surface area contributed by atoms with Crippen molar-refractivity contribution in [2.24, 2.45) is 0 Å². The highest BCUT2D eigenvalue weighted by Crippen LogP contribution is 2.37. The zero-order chi connectivity index (χ0) is 26.4. The third-order valence-corrected chi connectivity index (χ3v) is 7.19. The second-order valence-electron chi connectivity index (χ2n) is 8.00. The Kier molecular flexibility index (Phi) is 9.05. The average molecular weight is 637 g/mol. The van der Waals surface area contributed by atoms with Crippen LogP contribution in [-0.4, -0.2) is 79.3 Å². The van der Waals surface area contributed by atoms with Gasteiger partial charge in [-0.1, -0.05) is 18.2 Å². The van der Waals surface area contributed by atoms with E-state index in [9.17, 15) is 19.2 Å². The monoisotopic (exact) mass is 637 g/mol. The van der Waals surface area contributed by atoms with Crippen LogP contribution in [0.3, 0.4) is 0 Å². The maximum atomic E-state index is 12.9. The molecule has 0 spiro atoms. The molecule has 0 unspecified atom stereocenters. The van der Waals surface area contributed by atoms with Crippen LogP contribution in [0.25, 0.3) is 6.08 Å². The van der Waals surface area contributed by atoms with Gasteiger partial charge in [-0.05, 0) is 70.3 Å². The zero-order valence-electron chi connectivity index (χ0n) is 19.9. The number of nitrogens with zero attached hydrogens (tertiary/aromatic N) is 2. The molecule has 0 bridgehead atoms. The van der Waals surface area contributed by atoms with E-state index in [1.165, 1.54) is 7.11 Å². The van der Waals surface area contributed by atoms with Gasteiger partial charge in [-0.3, -0.25) is 24.1 Å². The third kappa shape index (κ3) is 6.81. The maximum Gasteiger partial charge on any atom is 0.294 e. The van der Waals surface area contributed by atoms with Crippen LogP contribution in [-0.2, 0) is 19.1 Å². The number of morpholine rings is 1. The molecule has 2 aliphatic rings. The molecule has 4 rings (SSSR count). The summed E-state index contributed by atoms with van der Waals surface area (Å²) in [7, 11) is 1.47. The lowest BCUT2D eigenvalue weighted by Crippen LogP contribution is -2.46. The van der Waals surface area contributed by atoms with Gasteiger partial charge in [0.05, 0.1) is 28.8 Å². The van der Waals surface area contributed by atoms with Gasteiger partial charge >= 0.3 is 0 Å². The van der Waals surface area contributed by atoms with E-state index in [4.69, 9.17) is 14.2 Å². The molecular weight excluding hydrogens is 613 g/mol. The van der Waals surface area contributed by atoms with Crippen molar-refractivity contribution in [2.45, 2.75) is 0 Å². The van der Waals surface area contributed by atoms with Crippen molar-refractivity contribution in [1.29, 1.82) is 0 Å². The summed E-state index contributed by atoms with van der Waals surface area (Å²) in [6.07, 6.45) is 1.57. The Morgan fingerprint density at radius 3 is 2.59 bits per heavy atom. The second kappa shape index (κ2) is 12.4. The van der Waals surface area contributed by atoms with Crippen molar-refractivity contribution in [1.82, 2.24) is 9.80 Å². The number of hydrogen-bond donors (Lipinski definition) is 1. The number of halogens is 1. The van der Waals surface area contributed by atoms with Crippen LogP contribution in [0.4, 0.5) is 10.5 Å². The van der Waals surface area contributed by atoms with Crippen LogP contribution >= 0.6 is 34.4 Å². The largest absolute Gasteiger partial charge is 0.493 e. The number of thioether (sulfide) groups is 1. The minimum Gasteiger partial charge on any atom is -0.493 e. The number of anilines is 1. The number of nitrogens with one attached hydrogen (secondary N) is 1. The number of rotatable bonds is 8. The predicted molar refractivity (Wildman–Crippen MR) is 146 cm³/mol. The minimum atomic E-state index is -0.525. The van der Waals surface area contributed by atoms with Gasteiger partial charge in [0.1, 0.15) is 6.54 Å². The molecule has 2 aromatic rings. The average Bonchev–Trinajstić information content (AvgIpc) is 3.16. The maximum absolute atomic E-state index is 12.9. The van der Waals surface area contributed by atoms with E-state index >= 15 is 0 Å². The van der Waals surface area contributed by atoms with Gasteiger partial charge < -0.3 is 24.4 Å². The van der Waals surface area contributed by atoms with Crippen LogP contribution < -0.4 is 14.8 Å². The highest BCUT2D eigenvalue weighted by Gasteiger charge is 2.37. The number of benzene rings is 2. The summed E-state index contributed by atoms with van der Waals surface area (Å²) in [5.41, 5.74) is 1.26. The number of para-hydroxylation sites is 1. The first-order chi connectivity index (χ1) is 17.9. The summed E-state index contributed by atoms with van der Waals surface area (Å²) in [5, 5.41) is 2.25. The van der Waals surface area contributed by atoms with E-state index in [-0.39, 0.29) is 29.9 Å². The Balaban J connectivity index is 1.43. The molecule has 12 heteroatoms. The smallest absolute Gasteiger partial charge is 0.294 e. The van der Waals surface area contributed by atoms with Crippen molar-refractivity contribution in [2.75, 3.05) is 51.9 Å². The van der Waals surface area contributed by atoms with Crippen molar-refractivity contribution < 1.29 is 33.4 Å². The van der Waals surface area contributed by atoms with Crippen molar-refractivity contribution in [3.63, 3.8) is 0 Å². The Hall–Kier alpha value is -3.10. The molecule has 37 heavy (non-hydrogen) atoms. The fourth-order valence-corrected chi connectivity index (χ4v) is 5.27. The van der Waals surface area contributed by atoms with Gasteiger partial charge in [0, 0.05) is 18.8 Å². The van der Waals surface area contributed by atoms with Gasteiger partial charge in [0.25, 0.3) is 17.1 Å². The molecule has 2 aliphatic heterocycles. The van der Waals surface area contributed by atoms with E-state index in [0.717, 1.165) is 16.7 Å². The van der Waals surface area contributed by atoms with E-state index in [0.29, 0.717) is 52.6 Å². The van der Waals surface area contributed by atoms with Gasteiger partial charge in [0.15, 0.2) is 18.1 Å². The molecule has 2 saturated heterocycles. The molecule has 2 aromatic carbocycles. The van der Waals surface area contributed by atoms with E-state index in [1.54, 1.807) is 35.2 Å². The molecule has 0 radical (unpaired) electrons. The van der Waals surface area contributed by atoms with Crippen molar-refractivity contribution >= 4 is 69.1 Å². The van der Waals surface area contributed by atoms with Crippen molar-refractivity contribution in [3.8, 4) is 11.5 Å². The first-order valence-electron chi connectivity index (χ1n) is 11.3. The standard InChI is InChI=1S/C25H24IN3O7S/c1-34-19-12-16(11-18(26)23(19)36-15-21(30)27-17-5-3-2-4-6-17)13-20-24(32)29(25(33)37-20)14-22(31)28-7-9-35-10-8-28/h2-6,11-13H,7-10,14-15H2,1H3,(H,27,30)/b20-13+. The van der Waals surface area contributed by atoms with Gasteiger partial charge in [-0.25, -0.2) is 0 Å². The number of ether oxygens (including phenoxy) is 3. The highest BCUT2D eigenvalue weighted by molar-refractivity contribution is 14.1. The summed E-state index contributed by atoms with van der Waals surface area (Å²) in [5.74, 6) is -0.391. The summed E-state index contributed by atoms with van der Waals surface area (Å²) >= 11 is 2.83. The molecule has 194 valence electrons. The summed E-state index contributed by atoms with van der Waals surface area (Å²) < 4.78 is 17.1. The molecular formula is C25H24IN3O7S. The second-order valence-corrected chi connectivity index (χ2v) is 10.2. The Morgan fingerprint density at radius 1 is 1.16 bits per heavy atom. The summed E-state index contributed by atoms with van der Waals surface area (Å²) in [6, 6.07) is 12.4. The number of carbonyl (C=O) groups is 4. The molecule has 10 nitrogen and oxygen atoms in total. The molecule has 4 amide bonds. The Bertz CT molecular complexity index is 1230.